The van der Waals surface area contributed by atoms with Gasteiger partial charge in [0.2, 0.25) is 0 Å². The molecule has 6 heteroatoms. The molecule has 0 fully saturated rings. The summed E-state index contributed by atoms with van der Waals surface area (Å²) in [6.07, 6.45) is 5.44. The fourth-order valence-electron chi connectivity index (χ4n) is 3.55. The van der Waals surface area contributed by atoms with Gasteiger partial charge in [-0.05, 0) is 80.1 Å². The molecule has 5 nitrogen and oxygen atoms in total. The van der Waals surface area contributed by atoms with Crippen molar-refractivity contribution in [2.75, 3.05) is 13.7 Å². The maximum Gasteiger partial charge on any atom is 0.328 e. The molecule has 0 unspecified atom stereocenters. The fraction of sp³-hybridized carbons (Fsp3) is 0.286. The van der Waals surface area contributed by atoms with E-state index in [2.05, 4.69) is 49.2 Å². The summed E-state index contributed by atoms with van der Waals surface area (Å²) in [5.41, 5.74) is 5.16. The van der Waals surface area contributed by atoms with Crippen LogP contribution < -0.4 is 9.47 Å². The van der Waals surface area contributed by atoms with Crippen molar-refractivity contribution in [2.45, 2.75) is 43.8 Å². The third-order valence-corrected chi connectivity index (χ3v) is 6.75. The first-order valence-corrected chi connectivity index (χ1v) is 12.3. The molecule has 0 spiro atoms. The Balaban J connectivity index is 1.58. The van der Waals surface area contributed by atoms with E-state index in [1.54, 1.807) is 18.9 Å². The Labute approximate surface area is 205 Å². The average molecular weight is 478 g/mol. The quantitative estimate of drug-likeness (QED) is 0.182. The lowest BCUT2D eigenvalue weighted by molar-refractivity contribution is -0.131. The second-order valence-electron chi connectivity index (χ2n) is 8.02. The molecule has 0 saturated carbocycles. The van der Waals surface area contributed by atoms with Crippen LogP contribution in [0, 0.1) is 13.8 Å². The first kappa shape index (κ1) is 25.4. The highest BCUT2D eigenvalue weighted by atomic mass is 32.2. The molecular weight excluding hydrogens is 446 g/mol. The monoisotopic (exact) mass is 477 g/mol. The number of pyridine rings is 1. The minimum atomic E-state index is -1.01. The van der Waals surface area contributed by atoms with E-state index in [9.17, 15) is 4.79 Å². The van der Waals surface area contributed by atoms with Crippen molar-refractivity contribution < 1.29 is 19.4 Å². The Morgan fingerprint density at radius 3 is 2.44 bits per heavy atom. The molecule has 0 atom stereocenters. The number of hydrogen-bond donors (Lipinski definition) is 1. The van der Waals surface area contributed by atoms with Gasteiger partial charge < -0.3 is 14.6 Å². The van der Waals surface area contributed by atoms with E-state index < -0.39 is 5.97 Å². The topological polar surface area (TPSA) is 68.7 Å². The standard InChI is InChI=1S/C28H31NO4S/c1-20-7-6-8-21(2)28(20)34-19-23-12-16-26(25(29-23)15-17-27(30)31)33-18-5-4-9-22-10-13-24(32-3)14-11-22/h6-8,10-17H,4-5,9,18-19H2,1-3H3,(H,30,31)/b17-15+. The molecule has 1 aromatic heterocycles. The Morgan fingerprint density at radius 2 is 1.76 bits per heavy atom. The van der Waals surface area contributed by atoms with Crippen LogP contribution in [0.5, 0.6) is 11.5 Å². The zero-order chi connectivity index (χ0) is 24.3. The van der Waals surface area contributed by atoms with Gasteiger partial charge in [-0.3, -0.25) is 0 Å². The summed E-state index contributed by atoms with van der Waals surface area (Å²) in [5.74, 6) is 1.14. The van der Waals surface area contributed by atoms with Crippen molar-refractivity contribution >= 4 is 23.8 Å². The number of aryl methyl sites for hydroxylation is 3. The molecule has 2 aromatic carbocycles. The first-order valence-electron chi connectivity index (χ1n) is 11.3. The molecule has 178 valence electrons. The van der Waals surface area contributed by atoms with Gasteiger partial charge in [-0.25, -0.2) is 9.78 Å². The van der Waals surface area contributed by atoms with Gasteiger partial charge in [-0.15, -0.1) is 11.8 Å². The van der Waals surface area contributed by atoms with Crippen LogP contribution >= 0.6 is 11.8 Å². The summed E-state index contributed by atoms with van der Waals surface area (Å²) >= 11 is 1.74. The number of unbranched alkanes of at least 4 members (excludes halogenated alkanes) is 1. The SMILES string of the molecule is COc1ccc(CCCCOc2ccc(CSc3c(C)cccc3C)nc2/C=C/C(=O)O)cc1. The predicted molar refractivity (Wildman–Crippen MR) is 138 cm³/mol. The number of aromatic nitrogens is 1. The maximum atomic E-state index is 11.1. The Bertz CT molecular complexity index is 1110. The van der Waals surface area contributed by atoms with E-state index in [-0.39, 0.29) is 0 Å². The van der Waals surface area contributed by atoms with Crippen LogP contribution in [0.1, 0.15) is 40.9 Å². The van der Waals surface area contributed by atoms with Gasteiger partial charge in [-0.1, -0.05) is 30.3 Å². The average Bonchev–Trinajstić information content (AvgIpc) is 2.83. The normalized spacial score (nSPS) is 11.0. The number of thioether (sulfide) groups is 1. The third-order valence-electron chi connectivity index (χ3n) is 5.38. The van der Waals surface area contributed by atoms with E-state index in [0.29, 0.717) is 23.8 Å². The molecular formula is C28H31NO4S. The summed E-state index contributed by atoms with van der Waals surface area (Å²) in [5, 5.41) is 9.07. The fourth-order valence-corrected chi connectivity index (χ4v) is 4.60. The summed E-state index contributed by atoms with van der Waals surface area (Å²) in [4.78, 5) is 17.0. The number of benzene rings is 2. The van der Waals surface area contributed by atoms with Crippen molar-refractivity contribution in [1.29, 1.82) is 0 Å². The van der Waals surface area contributed by atoms with E-state index in [1.165, 1.54) is 27.7 Å². The molecule has 0 radical (unpaired) electrons. The number of methoxy groups -OCH3 is 1. The smallest absolute Gasteiger partial charge is 0.328 e. The van der Waals surface area contributed by atoms with Crippen molar-refractivity contribution in [3.05, 3.63) is 88.8 Å². The Kier molecular flexibility index (Phi) is 9.59. The summed E-state index contributed by atoms with van der Waals surface area (Å²) in [6, 6.07) is 18.2. The van der Waals surface area contributed by atoms with E-state index >= 15 is 0 Å². The highest BCUT2D eigenvalue weighted by molar-refractivity contribution is 7.98. The van der Waals surface area contributed by atoms with Crippen molar-refractivity contribution in [3.8, 4) is 11.5 Å². The van der Waals surface area contributed by atoms with Gasteiger partial charge in [0.05, 0.1) is 19.4 Å². The summed E-state index contributed by atoms with van der Waals surface area (Å²) < 4.78 is 11.2. The molecule has 3 rings (SSSR count). The van der Waals surface area contributed by atoms with Crippen molar-refractivity contribution in [1.82, 2.24) is 4.98 Å². The largest absolute Gasteiger partial charge is 0.497 e. The number of hydrogen-bond acceptors (Lipinski definition) is 5. The molecule has 0 saturated heterocycles. The number of nitrogens with zero attached hydrogens (tertiary/aromatic N) is 1. The molecule has 0 aliphatic carbocycles. The molecule has 1 N–H and O–H groups in total. The maximum absolute atomic E-state index is 11.1. The number of ether oxygens (including phenoxy) is 2. The highest BCUT2D eigenvalue weighted by Crippen LogP contribution is 2.30. The summed E-state index contributed by atoms with van der Waals surface area (Å²) in [6.45, 7) is 4.76. The molecule has 0 aliphatic heterocycles. The molecule has 0 amide bonds. The zero-order valence-corrected chi connectivity index (χ0v) is 20.7. The molecule has 0 bridgehead atoms. The lowest BCUT2D eigenvalue weighted by Gasteiger charge is -2.12. The van der Waals surface area contributed by atoms with Gasteiger partial charge in [-0.2, -0.15) is 0 Å². The van der Waals surface area contributed by atoms with Crippen molar-refractivity contribution in [2.24, 2.45) is 0 Å². The molecule has 0 aliphatic rings. The van der Waals surface area contributed by atoms with Gasteiger partial charge in [0.15, 0.2) is 0 Å². The van der Waals surface area contributed by atoms with Gasteiger partial charge >= 0.3 is 5.97 Å². The number of rotatable bonds is 12. The Morgan fingerprint density at radius 1 is 1.03 bits per heavy atom. The second kappa shape index (κ2) is 12.8. The molecule has 34 heavy (non-hydrogen) atoms. The van der Waals surface area contributed by atoms with Crippen LogP contribution in [0.15, 0.2) is 65.6 Å². The number of carboxylic acid groups (broad SMARTS) is 1. The minimum absolute atomic E-state index is 0.539. The van der Waals surface area contributed by atoms with Gasteiger partial charge in [0.25, 0.3) is 0 Å². The van der Waals surface area contributed by atoms with Crippen LogP contribution in [0.2, 0.25) is 0 Å². The lowest BCUT2D eigenvalue weighted by Crippen LogP contribution is -2.02. The third kappa shape index (κ3) is 7.66. The van der Waals surface area contributed by atoms with Crippen molar-refractivity contribution in [3.63, 3.8) is 0 Å². The minimum Gasteiger partial charge on any atom is -0.497 e. The van der Waals surface area contributed by atoms with E-state index in [1.807, 2.05) is 24.3 Å². The van der Waals surface area contributed by atoms with Crippen LogP contribution in [-0.4, -0.2) is 29.8 Å². The zero-order valence-electron chi connectivity index (χ0n) is 19.9. The van der Waals surface area contributed by atoms with E-state index in [0.717, 1.165) is 36.8 Å². The van der Waals surface area contributed by atoms with Gasteiger partial charge in [0, 0.05) is 16.7 Å². The molecule has 1 heterocycles. The summed E-state index contributed by atoms with van der Waals surface area (Å²) in [7, 11) is 1.66. The lowest BCUT2D eigenvalue weighted by atomic mass is 10.1. The van der Waals surface area contributed by atoms with Crippen LogP contribution in [-0.2, 0) is 17.0 Å². The van der Waals surface area contributed by atoms with Crippen LogP contribution in [0.3, 0.4) is 0 Å². The number of aliphatic carboxylic acids is 1. The molecule has 3 aromatic rings. The Hall–Kier alpha value is -3.25. The second-order valence-corrected chi connectivity index (χ2v) is 9.01. The van der Waals surface area contributed by atoms with Gasteiger partial charge in [0.1, 0.15) is 17.2 Å². The van der Waals surface area contributed by atoms with Crippen LogP contribution in [0.25, 0.3) is 6.08 Å². The van der Waals surface area contributed by atoms with E-state index in [4.69, 9.17) is 14.6 Å². The predicted octanol–water partition coefficient (Wildman–Crippen LogP) is 6.50. The first-order chi connectivity index (χ1) is 16.5. The highest BCUT2D eigenvalue weighted by Gasteiger charge is 2.09. The number of carbonyl (C=O) groups is 1. The number of carboxylic acids is 1. The van der Waals surface area contributed by atoms with Crippen LogP contribution in [0.4, 0.5) is 0 Å².